The van der Waals surface area contributed by atoms with Crippen LogP contribution in [0.1, 0.15) is 48.0 Å². The molecule has 0 aromatic heterocycles. The number of fused-ring (bicyclic) bond motifs is 1. The quantitative estimate of drug-likeness (QED) is 0.272. The topological polar surface area (TPSA) is 114 Å². The highest BCUT2D eigenvalue weighted by Crippen LogP contribution is 2.59. The number of halogens is 1. The van der Waals surface area contributed by atoms with Gasteiger partial charge in [0, 0.05) is 47.4 Å². The molecule has 6 rings (SSSR count). The Morgan fingerprint density at radius 3 is 2.35 bits per heavy atom. The van der Waals surface area contributed by atoms with E-state index in [1.807, 2.05) is 48.5 Å². The minimum Gasteiger partial charge on any atom is -0.456 e. The Morgan fingerprint density at radius 2 is 1.72 bits per heavy atom. The molecular weight excluding hydrogens is 663 g/mol. The monoisotopic (exact) mass is 700 g/mol. The van der Waals surface area contributed by atoms with E-state index >= 15 is 0 Å². The van der Waals surface area contributed by atoms with E-state index in [0.717, 1.165) is 34.8 Å². The lowest BCUT2D eigenvalue weighted by Crippen LogP contribution is -2.51. The van der Waals surface area contributed by atoms with Gasteiger partial charge in [0.05, 0.1) is 12.2 Å². The second-order valence-corrected chi connectivity index (χ2v) is 13.2. The van der Waals surface area contributed by atoms with Crippen LogP contribution in [-0.4, -0.2) is 78.1 Å². The lowest BCUT2D eigenvalue weighted by molar-refractivity contribution is -0.209. The van der Waals surface area contributed by atoms with Crippen LogP contribution in [0.25, 0.3) is 0 Å². The molecule has 2 amide bonds. The summed E-state index contributed by atoms with van der Waals surface area (Å²) in [6, 6.07) is 15.8. The standard InChI is InChI=1S/C33H37IN2O7/c1-36(26(30(38)35-15-16-37)17-20-5-3-2-4-6-20)31(39)22-18-27(41-32(40)21-7-13-25(34)14-8-21)29-28(19-22)42-33(43-29,23-9-10-23)24-11-12-24/h2-8,13-14,19,23-24,26-29,37H,9-12,15-18H2,1H3,(H,35,38). The van der Waals surface area contributed by atoms with Crippen LogP contribution in [0.4, 0.5) is 0 Å². The van der Waals surface area contributed by atoms with Gasteiger partial charge in [-0.3, -0.25) is 9.59 Å². The van der Waals surface area contributed by atoms with Crippen molar-refractivity contribution in [3.05, 3.63) is 80.9 Å². The van der Waals surface area contributed by atoms with Crippen LogP contribution < -0.4 is 5.32 Å². The van der Waals surface area contributed by atoms with Crippen LogP contribution in [0.2, 0.25) is 0 Å². The molecule has 4 atom stereocenters. The normalized spacial score (nSPS) is 24.8. The molecule has 3 aliphatic carbocycles. The molecule has 10 heteroatoms. The van der Waals surface area contributed by atoms with Crippen molar-refractivity contribution in [3.8, 4) is 0 Å². The Hall–Kier alpha value is -2.80. The molecule has 2 aromatic rings. The number of nitrogens with one attached hydrogen (secondary N) is 1. The van der Waals surface area contributed by atoms with E-state index in [-0.39, 0.29) is 31.4 Å². The average Bonchev–Trinajstić information content (AvgIpc) is 3.96. The van der Waals surface area contributed by atoms with Crippen molar-refractivity contribution in [1.29, 1.82) is 0 Å². The van der Waals surface area contributed by atoms with Gasteiger partial charge in [-0.15, -0.1) is 0 Å². The molecule has 1 aliphatic heterocycles. The second kappa shape index (κ2) is 12.7. The van der Waals surface area contributed by atoms with E-state index in [2.05, 4.69) is 27.9 Å². The fourth-order valence-electron chi connectivity index (χ4n) is 6.26. The van der Waals surface area contributed by atoms with Gasteiger partial charge >= 0.3 is 5.97 Å². The van der Waals surface area contributed by atoms with Crippen LogP contribution in [0.3, 0.4) is 0 Å². The third-order valence-corrected chi connectivity index (χ3v) is 9.52. The highest BCUT2D eigenvalue weighted by Gasteiger charge is 2.64. The molecule has 43 heavy (non-hydrogen) atoms. The van der Waals surface area contributed by atoms with Gasteiger partial charge in [-0.05, 0) is 84.2 Å². The lowest BCUT2D eigenvalue weighted by Gasteiger charge is -2.33. The number of carbonyl (C=O) groups is 3. The Kier molecular flexibility index (Phi) is 8.91. The van der Waals surface area contributed by atoms with E-state index in [1.165, 1.54) is 4.90 Å². The molecule has 1 heterocycles. The highest BCUT2D eigenvalue weighted by molar-refractivity contribution is 14.1. The fraction of sp³-hybridized carbons (Fsp3) is 0.485. The number of aliphatic hydroxyl groups is 1. The largest absolute Gasteiger partial charge is 0.456 e. The van der Waals surface area contributed by atoms with Gasteiger partial charge in [-0.1, -0.05) is 30.3 Å². The van der Waals surface area contributed by atoms with Crippen molar-refractivity contribution in [3.63, 3.8) is 0 Å². The van der Waals surface area contributed by atoms with Crippen LogP contribution in [0.15, 0.2) is 66.2 Å². The summed E-state index contributed by atoms with van der Waals surface area (Å²) < 4.78 is 20.5. The number of likely N-dealkylation sites (N-methyl/N-ethyl adjacent to an activating group) is 1. The summed E-state index contributed by atoms with van der Waals surface area (Å²) in [4.78, 5) is 42.0. The van der Waals surface area contributed by atoms with Crippen molar-refractivity contribution < 1.29 is 33.7 Å². The second-order valence-electron chi connectivity index (χ2n) is 11.9. The third kappa shape index (κ3) is 6.52. The zero-order chi connectivity index (χ0) is 30.1. The summed E-state index contributed by atoms with van der Waals surface area (Å²) in [7, 11) is 1.61. The van der Waals surface area contributed by atoms with Crippen LogP contribution in [-0.2, 0) is 30.2 Å². The summed E-state index contributed by atoms with van der Waals surface area (Å²) in [5.41, 5.74) is 1.75. The molecule has 9 nitrogen and oxygen atoms in total. The first-order valence-corrected chi connectivity index (χ1v) is 16.1. The predicted octanol–water partition coefficient (Wildman–Crippen LogP) is 3.63. The van der Waals surface area contributed by atoms with E-state index in [0.29, 0.717) is 29.4 Å². The molecule has 2 aromatic carbocycles. The number of aliphatic hydroxyl groups excluding tert-OH is 1. The molecule has 2 N–H and O–H groups in total. The lowest BCUT2D eigenvalue weighted by atomic mass is 9.90. The first kappa shape index (κ1) is 30.2. The maximum Gasteiger partial charge on any atom is 0.338 e. The van der Waals surface area contributed by atoms with Gasteiger partial charge in [-0.25, -0.2) is 4.79 Å². The van der Waals surface area contributed by atoms with Crippen molar-refractivity contribution in [2.75, 3.05) is 20.2 Å². The Labute approximate surface area is 265 Å². The summed E-state index contributed by atoms with van der Waals surface area (Å²) in [6.07, 6.45) is 4.59. The maximum atomic E-state index is 14.1. The predicted molar refractivity (Wildman–Crippen MR) is 166 cm³/mol. The minimum atomic E-state index is -0.814. The van der Waals surface area contributed by atoms with Crippen molar-refractivity contribution >= 4 is 40.4 Å². The maximum absolute atomic E-state index is 14.1. The number of hydrogen-bond acceptors (Lipinski definition) is 7. The number of nitrogens with zero attached hydrogens (tertiary/aromatic N) is 1. The van der Waals surface area contributed by atoms with Gasteiger partial charge < -0.3 is 29.5 Å². The average molecular weight is 701 g/mol. The number of hydrogen-bond donors (Lipinski definition) is 2. The Morgan fingerprint density at radius 1 is 1.05 bits per heavy atom. The Bertz CT molecular complexity index is 1360. The molecule has 4 unspecified atom stereocenters. The summed E-state index contributed by atoms with van der Waals surface area (Å²) in [6.45, 7) is -0.116. The van der Waals surface area contributed by atoms with Crippen molar-refractivity contribution in [1.82, 2.24) is 10.2 Å². The summed E-state index contributed by atoms with van der Waals surface area (Å²) in [5.74, 6) is -1.27. The van der Waals surface area contributed by atoms with Gasteiger partial charge in [0.1, 0.15) is 24.4 Å². The van der Waals surface area contributed by atoms with Gasteiger partial charge in [0.15, 0.2) is 5.79 Å². The molecule has 0 bridgehead atoms. The minimum absolute atomic E-state index is 0.0881. The zero-order valence-corrected chi connectivity index (χ0v) is 26.3. The molecule has 2 saturated carbocycles. The molecule has 0 spiro atoms. The fourth-order valence-corrected chi connectivity index (χ4v) is 6.62. The first-order chi connectivity index (χ1) is 20.8. The van der Waals surface area contributed by atoms with Gasteiger partial charge in [-0.2, -0.15) is 0 Å². The number of amides is 2. The number of ether oxygens (including phenoxy) is 3. The molecule has 3 fully saturated rings. The molecular formula is C33H37IN2O7. The molecule has 0 radical (unpaired) electrons. The van der Waals surface area contributed by atoms with E-state index in [1.54, 1.807) is 19.2 Å². The van der Waals surface area contributed by atoms with Gasteiger partial charge in [0.25, 0.3) is 0 Å². The van der Waals surface area contributed by atoms with Gasteiger partial charge in [0.2, 0.25) is 11.8 Å². The third-order valence-electron chi connectivity index (χ3n) is 8.80. The van der Waals surface area contributed by atoms with Crippen molar-refractivity contribution in [2.45, 2.75) is 68.7 Å². The van der Waals surface area contributed by atoms with Crippen LogP contribution in [0.5, 0.6) is 0 Å². The molecule has 228 valence electrons. The molecule has 1 saturated heterocycles. The number of carbonyl (C=O) groups excluding carboxylic acids is 3. The SMILES string of the molecule is CN(C(=O)C1=CC2OC(C3CC3)(C3CC3)OC2C(OC(=O)c2ccc(I)cc2)C1)C(Cc1ccccc1)C(=O)NCCO. The highest BCUT2D eigenvalue weighted by atomic mass is 127. The first-order valence-electron chi connectivity index (χ1n) is 15.0. The van der Waals surface area contributed by atoms with E-state index < -0.39 is 36.1 Å². The van der Waals surface area contributed by atoms with Crippen LogP contribution in [0, 0.1) is 15.4 Å². The van der Waals surface area contributed by atoms with Crippen LogP contribution >= 0.6 is 22.6 Å². The molecule has 4 aliphatic rings. The van der Waals surface area contributed by atoms with E-state index in [9.17, 15) is 19.5 Å². The number of benzene rings is 2. The smallest absolute Gasteiger partial charge is 0.338 e. The number of rotatable bonds is 11. The van der Waals surface area contributed by atoms with Crippen molar-refractivity contribution in [2.24, 2.45) is 11.8 Å². The van der Waals surface area contributed by atoms with E-state index in [4.69, 9.17) is 14.2 Å². The summed E-state index contributed by atoms with van der Waals surface area (Å²) in [5, 5.41) is 12.0. The Balaban J connectivity index is 1.27. The number of esters is 1. The zero-order valence-electron chi connectivity index (χ0n) is 24.1. The summed E-state index contributed by atoms with van der Waals surface area (Å²) >= 11 is 2.18.